The normalized spacial score (nSPS) is 16.5. The first-order valence-corrected chi connectivity index (χ1v) is 11.6. The number of anilines is 1. The number of rotatable bonds is 5. The summed E-state index contributed by atoms with van der Waals surface area (Å²) in [5.74, 6) is 1.19. The van der Waals surface area contributed by atoms with Gasteiger partial charge in [0.05, 0.1) is 11.5 Å². The second-order valence-electron chi connectivity index (χ2n) is 8.54. The van der Waals surface area contributed by atoms with E-state index in [-0.39, 0.29) is 16.0 Å². The maximum atomic E-state index is 12.0. The van der Waals surface area contributed by atoms with E-state index in [1.165, 1.54) is 6.07 Å². The first kappa shape index (κ1) is 22.2. The molecule has 30 heavy (non-hydrogen) atoms. The Morgan fingerprint density at radius 3 is 2.53 bits per heavy atom. The number of hydrogen-bond donors (Lipinski definition) is 0. The van der Waals surface area contributed by atoms with E-state index in [1.54, 1.807) is 12.1 Å². The molecule has 0 radical (unpaired) electrons. The highest BCUT2D eigenvalue weighted by Gasteiger charge is 2.30. The topological polar surface area (TPSA) is 123 Å². The van der Waals surface area contributed by atoms with E-state index in [0.717, 1.165) is 19.2 Å². The number of benzene rings is 1. The molecule has 0 spiro atoms. The Bertz CT molecular complexity index is 1030. The number of aromatic nitrogens is 2. The average Bonchev–Trinajstić information content (AvgIpc) is 2.99. The van der Waals surface area contributed by atoms with Crippen molar-refractivity contribution in [3.63, 3.8) is 0 Å². The second kappa shape index (κ2) is 8.31. The van der Waals surface area contributed by atoms with Gasteiger partial charge in [-0.05, 0) is 18.6 Å². The van der Waals surface area contributed by atoms with Gasteiger partial charge in [0.25, 0.3) is 0 Å². The van der Waals surface area contributed by atoms with E-state index in [0.29, 0.717) is 43.6 Å². The number of nitro groups is 1. The molecule has 1 aliphatic rings. The van der Waals surface area contributed by atoms with Crippen LogP contribution in [0.4, 0.5) is 11.4 Å². The molecule has 0 atom stereocenters. The summed E-state index contributed by atoms with van der Waals surface area (Å²) in [6.07, 6.45) is 1.75. The molecule has 1 aromatic carbocycles. The minimum atomic E-state index is -3.72. The first-order chi connectivity index (χ1) is 14.0. The molecule has 1 aliphatic heterocycles. The lowest BCUT2D eigenvalue weighted by Gasteiger charge is -2.23. The molecule has 0 amide bonds. The molecule has 0 N–H and O–H groups in total. The monoisotopic (exact) mass is 437 g/mol. The molecule has 0 bridgehead atoms. The van der Waals surface area contributed by atoms with Crippen LogP contribution in [0.2, 0.25) is 0 Å². The predicted molar refractivity (Wildman–Crippen MR) is 111 cm³/mol. The van der Waals surface area contributed by atoms with Gasteiger partial charge in [-0.1, -0.05) is 32.0 Å². The van der Waals surface area contributed by atoms with Crippen LogP contribution in [0.25, 0.3) is 0 Å². The van der Waals surface area contributed by atoms with Gasteiger partial charge < -0.3 is 9.42 Å². The highest BCUT2D eigenvalue weighted by molar-refractivity contribution is 7.90. The third kappa shape index (κ3) is 4.96. The number of nitrogens with zero attached hydrogens (tertiary/aromatic N) is 5. The third-order valence-electron chi connectivity index (χ3n) is 4.96. The fourth-order valence-corrected chi connectivity index (χ4v) is 4.30. The van der Waals surface area contributed by atoms with E-state index in [9.17, 15) is 18.5 Å². The van der Waals surface area contributed by atoms with Crippen molar-refractivity contribution in [2.45, 2.75) is 44.0 Å². The zero-order valence-electron chi connectivity index (χ0n) is 17.7. The predicted octanol–water partition coefficient (Wildman–Crippen LogP) is 2.39. The Morgan fingerprint density at radius 2 is 1.93 bits per heavy atom. The van der Waals surface area contributed by atoms with E-state index >= 15 is 0 Å². The molecule has 10 nitrogen and oxygen atoms in total. The molecule has 2 heterocycles. The van der Waals surface area contributed by atoms with Gasteiger partial charge in [-0.15, -0.1) is 0 Å². The van der Waals surface area contributed by atoms with Gasteiger partial charge >= 0.3 is 5.69 Å². The van der Waals surface area contributed by atoms with Gasteiger partial charge in [0.15, 0.2) is 15.7 Å². The first-order valence-electron chi connectivity index (χ1n) is 9.74. The van der Waals surface area contributed by atoms with Crippen molar-refractivity contribution < 1.29 is 17.9 Å². The fourth-order valence-electron chi connectivity index (χ4n) is 3.44. The molecular weight excluding hydrogens is 410 g/mol. The summed E-state index contributed by atoms with van der Waals surface area (Å²) in [6, 6.07) is 4.44. The molecular formula is C19H27N5O5S. The molecule has 0 unspecified atom stereocenters. The number of hydrogen-bond acceptors (Lipinski definition) is 9. The van der Waals surface area contributed by atoms with Crippen LogP contribution in [0.5, 0.6) is 0 Å². The molecule has 11 heteroatoms. The zero-order chi connectivity index (χ0) is 22.1. The van der Waals surface area contributed by atoms with Crippen LogP contribution in [0.1, 0.15) is 38.9 Å². The van der Waals surface area contributed by atoms with Gasteiger partial charge in [0, 0.05) is 37.8 Å². The molecule has 1 saturated heterocycles. The summed E-state index contributed by atoms with van der Waals surface area (Å²) in [5.41, 5.74) is -0.245. The summed E-state index contributed by atoms with van der Waals surface area (Å²) in [7, 11) is -3.72. The Morgan fingerprint density at radius 1 is 1.20 bits per heavy atom. The Hall–Kier alpha value is -2.53. The molecule has 164 valence electrons. The number of nitro benzene ring substituents is 1. The smallest absolute Gasteiger partial charge is 0.311 e. The molecule has 0 aliphatic carbocycles. The summed E-state index contributed by atoms with van der Waals surface area (Å²) in [5, 5.41) is 15.7. The lowest BCUT2D eigenvalue weighted by Crippen LogP contribution is -2.31. The summed E-state index contributed by atoms with van der Waals surface area (Å²) in [6.45, 7) is 9.07. The van der Waals surface area contributed by atoms with Gasteiger partial charge in [-0.3, -0.25) is 15.0 Å². The van der Waals surface area contributed by atoms with Gasteiger partial charge in [-0.25, -0.2) is 8.42 Å². The van der Waals surface area contributed by atoms with E-state index in [2.05, 4.69) is 15.0 Å². The van der Waals surface area contributed by atoms with E-state index in [4.69, 9.17) is 4.52 Å². The van der Waals surface area contributed by atoms with Crippen LogP contribution in [0.3, 0.4) is 0 Å². The lowest BCUT2D eigenvalue weighted by molar-refractivity contribution is -0.387. The van der Waals surface area contributed by atoms with Crippen LogP contribution in [0.15, 0.2) is 27.6 Å². The minimum Gasteiger partial charge on any atom is -0.365 e. The molecule has 2 aromatic rings. The maximum Gasteiger partial charge on any atom is 0.311 e. The molecule has 0 saturated carbocycles. The average molecular weight is 438 g/mol. The van der Waals surface area contributed by atoms with Gasteiger partial charge in [0.1, 0.15) is 10.6 Å². The van der Waals surface area contributed by atoms with Crippen molar-refractivity contribution in [1.82, 2.24) is 15.0 Å². The van der Waals surface area contributed by atoms with Crippen LogP contribution in [-0.4, -0.2) is 60.8 Å². The van der Waals surface area contributed by atoms with Crippen LogP contribution in [0, 0.1) is 10.1 Å². The highest BCUT2D eigenvalue weighted by atomic mass is 32.2. The Balaban J connectivity index is 1.77. The van der Waals surface area contributed by atoms with Crippen molar-refractivity contribution >= 4 is 21.2 Å². The van der Waals surface area contributed by atoms with Crippen LogP contribution in [-0.2, 0) is 21.8 Å². The Labute approximate surface area is 175 Å². The minimum absolute atomic E-state index is 0.218. The number of para-hydroxylation sites is 1. The summed E-state index contributed by atoms with van der Waals surface area (Å²) < 4.78 is 29.4. The van der Waals surface area contributed by atoms with E-state index in [1.807, 2.05) is 25.7 Å². The fraction of sp³-hybridized carbons (Fsp3) is 0.579. The van der Waals surface area contributed by atoms with Crippen LogP contribution < -0.4 is 4.90 Å². The van der Waals surface area contributed by atoms with E-state index < -0.39 is 14.8 Å². The molecule has 3 rings (SSSR count). The van der Waals surface area contributed by atoms with Crippen molar-refractivity contribution in [2.24, 2.45) is 0 Å². The third-order valence-corrected chi connectivity index (χ3v) is 6.09. The maximum absolute atomic E-state index is 12.0. The SMILES string of the molecule is CC(C)(C)c1nc(CN2CCCN(c3cccc(S(C)(=O)=O)c3[N+](=O)[O-])CC2)no1. The summed E-state index contributed by atoms with van der Waals surface area (Å²) in [4.78, 5) is 19.3. The van der Waals surface area contributed by atoms with Gasteiger partial charge in [0.2, 0.25) is 5.89 Å². The quantitative estimate of drug-likeness (QED) is 0.512. The largest absolute Gasteiger partial charge is 0.365 e. The Kier molecular flexibility index (Phi) is 6.14. The second-order valence-corrected chi connectivity index (χ2v) is 10.5. The van der Waals surface area contributed by atoms with Crippen molar-refractivity contribution in [3.8, 4) is 0 Å². The zero-order valence-corrected chi connectivity index (χ0v) is 18.5. The van der Waals surface area contributed by atoms with Crippen molar-refractivity contribution in [3.05, 3.63) is 40.0 Å². The number of sulfone groups is 1. The van der Waals surface area contributed by atoms with Crippen molar-refractivity contribution in [2.75, 3.05) is 37.3 Å². The van der Waals surface area contributed by atoms with Crippen molar-refractivity contribution in [1.29, 1.82) is 0 Å². The highest BCUT2D eigenvalue weighted by Crippen LogP contribution is 2.35. The lowest BCUT2D eigenvalue weighted by atomic mass is 9.97. The molecule has 1 aromatic heterocycles. The standard InChI is InChI=1S/C19H27N5O5S/c1-19(2,3)18-20-16(21-29-18)13-22-9-6-10-23(12-11-22)14-7-5-8-15(30(4,27)28)17(14)24(25)26/h5,7-8H,6,9-13H2,1-4H3. The van der Waals surface area contributed by atoms with Crippen LogP contribution >= 0.6 is 0 Å². The van der Waals surface area contributed by atoms with Gasteiger partial charge in [-0.2, -0.15) is 4.98 Å². The molecule has 1 fully saturated rings. The summed E-state index contributed by atoms with van der Waals surface area (Å²) >= 11 is 0.